The van der Waals surface area contributed by atoms with Crippen LogP contribution in [0.2, 0.25) is 0 Å². The van der Waals surface area contributed by atoms with Gasteiger partial charge in [-0.05, 0) is 42.3 Å². The molecule has 3 aromatic rings. The molecule has 0 bridgehead atoms. The molecule has 2 heterocycles. The van der Waals surface area contributed by atoms with E-state index in [1.807, 2.05) is 0 Å². The van der Waals surface area contributed by atoms with Crippen molar-refractivity contribution in [1.29, 1.82) is 0 Å². The van der Waals surface area contributed by atoms with E-state index >= 15 is 0 Å². The van der Waals surface area contributed by atoms with Crippen LogP contribution in [0, 0.1) is 0 Å². The molecule has 33 heavy (non-hydrogen) atoms. The van der Waals surface area contributed by atoms with Crippen LogP contribution < -0.4 is 5.32 Å². The highest BCUT2D eigenvalue weighted by Crippen LogP contribution is 2.28. The van der Waals surface area contributed by atoms with E-state index in [4.69, 9.17) is 0 Å². The first-order valence-electron chi connectivity index (χ1n) is 10.2. The number of alkyl halides is 3. The number of benzene rings is 2. The molecule has 10 heteroatoms. The number of rotatable bonds is 7. The molecular formula is C23H19F3N4O3. The van der Waals surface area contributed by atoms with Gasteiger partial charge in [0, 0.05) is 25.7 Å². The van der Waals surface area contributed by atoms with Crippen LogP contribution in [0.3, 0.4) is 0 Å². The van der Waals surface area contributed by atoms with Crippen molar-refractivity contribution in [1.82, 2.24) is 20.0 Å². The Morgan fingerprint density at radius 3 is 2.15 bits per heavy atom. The molecule has 2 aromatic carbocycles. The van der Waals surface area contributed by atoms with Gasteiger partial charge in [0.1, 0.15) is 0 Å². The van der Waals surface area contributed by atoms with Gasteiger partial charge in [-0.25, -0.2) is 4.68 Å². The molecule has 1 N–H and O–H groups in total. The Labute approximate surface area is 186 Å². The number of carbonyl (C=O) groups excluding carboxylic acids is 3. The van der Waals surface area contributed by atoms with Gasteiger partial charge in [-0.2, -0.15) is 18.3 Å². The Bertz CT molecular complexity index is 1170. The van der Waals surface area contributed by atoms with E-state index < -0.39 is 11.9 Å². The first kappa shape index (κ1) is 22.3. The number of carbonyl (C=O) groups is 3. The van der Waals surface area contributed by atoms with Gasteiger partial charge < -0.3 is 5.32 Å². The molecule has 0 fully saturated rings. The molecule has 1 aromatic heterocycles. The molecule has 0 unspecified atom stereocenters. The summed E-state index contributed by atoms with van der Waals surface area (Å²) in [5.41, 5.74) is 0.998. The smallest absolute Gasteiger partial charge is 0.352 e. The quantitative estimate of drug-likeness (QED) is 0.551. The minimum Gasteiger partial charge on any atom is -0.352 e. The highest BCUT2D eigenvalue weighted by molar-refractivity contribution is 6.21. The van der Waals surface area contributed by atoms with Crippen molar-refractivity contribution in [3.63, 3.8) is 0 Å². The predicted molar refractivity (Wildman–Crippen MR) is 111 cm³/mol. The fourth-order valence-corrected chi connectivity index (χ4v) is 3.51. The molecule has 1 aliphatic heterocycles. The van der Waals surface area contributed by atoms with Crippen molar-refractivity contribution >= 4 is 17.7 Å². The number of nitrogens with zero attached hydrogens (tertiary/aromatic N) is 3. The minimum absolute atomic E-state index is 0.138. The molecule has 0 radical (unpaired) electrons. The van der Waals surface area contributed by atoms with Crippen LogP contribution in [-0.2, 0) is 17.5 Å². The van der Waals surface area contributed by atoms with E-state index in [2.05, 4.69) is 10.4 Å². The number of amides is 3. The molecule has 0 saturated carbocycles. The van der Waals surface area contributed by atoms with Crippen LogP contribution in [0.25, 0.3) is 5.69 Å². The van der Waals surface area contributed by atoms with Crippen molar-refractivity contribution in [2.75, 3.05) is 6.54 Å². The Morgan fingerprint density at radius 2 is 1.58 bits per heavy atom. The van der Waals surface area contributed by atoms with Gasteiger partial charge in [0.15, 0.2) is 5.69 Å². The third kappa shape index (κ3) is 4.79. The molecule has 7 nitrogen and oxygen atoms in total. The molecule has 0 saturated heterocycles. The number of imide groups is 1. The predicted octanol–water partition coefficient (Wildman–Crippen LogP) is 3.58. The number of hydrogen-bond acceptors (Lipinski definition) is 4. The van der Waals surface area contributed by atoms with Gasteiger partial charge >= 0.3 is 6.18 Å². The van der Waals surface area contributed by atoms with Crippen LogP contribution in [0.5, 0.6) is 0 Å². The zero-order valence-corrected chi connectivity index (χ0v) is 17.3. The highest BCUT2D eigenvalue weighted by atomic mass is 19.4. The number of aromatic nitrogens is 2. The third-order valence-corrected chi connectivity index (χ3v) is 5.23. The Morgan fingerprint density at radius 1 is 0.939 bits per heavy atom. The van der Waals surface area contributed by atoms with Crippen molar-refractivity contribution in [3.8, 4) is 5.69 Å². The molecular weight excluding hydrogens is 437 g/mol. The average molecular weight is 456 g/mol. The maximum absolute atomic E-state index is 12.7. The number of hydrogen-bond donors (Lipinski definition) is 1. The highest BCUT2D eigenvalue weighted by Gasteiger charge is 2.35. The molecule has 0 aliphatic carbocycles. The lowest BCUT2D eigenvalue weighted by Crippen LogP contribution is -2.32. The Kier molecular flexibility index (Phi) is 5.99. The number of nitrogens with one attached hydrogen (secondary N) is 1. The third-order valence-electron chi connectivity index (χ3n) is 5.23. The van der Waals surface area contributed by atoms with Crippen LogP contribution in [0.4, 0.5) is 13.2 Å². The standard InChI is InChI=1S/C23H19F3N4O3/c24-23(25,26)19-11-13-30(28-19)16-9-7-15(8-10-16)14-27-20(31)6-3-12-29-21(32)17-4-1-2-5-18(17)22(29)33/h1-2,4-5,7-11,13H,3,6,12,14H2,(H,27,31). The van der Waals surface area contributed by atoms with Crippen molar-refractivity contribution < 1.29 is 27.6 Å². The van der Waals surface area contributed by atoms with Gasteiger partial charge in [-0.3, -0.25) is 19.3 Å². The summed E-state index contributed by atoms with van der Waals surface area (Å²) in [6, 6.07) is 14.1. The molecule has 4 rings (SSSR count). The van der Waals surface area contributed by atoms with Crippen LogP contribution in [0.15, 0.2) is 60.8 Å². The summed E-state index contributed by atoms with van der Waals surface area (Å²) < 4.78 is 39.2. The summed E-state index contributed by atoms with van der Waals surface area (Å²) in [6.45, 7) is 0.386. The average Bonchev–Trinajstić information content (AvgIpc) is 3.39. The second-order valence-corrected chi connectivity index (χ2v) is 7.50. The fourth-order valence-electron chi connectivity index (χ4n) is 3.51. The number of halogens is 3. The second kappa shape index (κ2) is 8.89. The van der Waals surface area contributed by atoms with Crippen molar-refractivity contribution in [2.24, 2.45) is 0 Å². The fraction of sp³-hybridized carbons (Fsp3) is 0.217. The number of fused-ring (bicyclic) bond motifs is 1. The molecule has 1 aliphatic rings. The zero-order valence-electron chi connectivity index (χ0n) is 17.3. The summed E-state index contributed by atoms with van der Waals surface area (Å²) in [7, 11) is 0. The van der Waals surface area contributed by atoms with E-state index in [0.717, 1.165) is 21.2 Å². The molecule has 3 amide bonds. The summed E-state index contributed by atoms with van der Waals surface area (Å²) >= 11 is 0. The lowest BCUT2D eigenvalue weighted by Gasteiger charge is -2.13. The summed E-state index contributed by atoms with van der Waals surface area (Å²) in [5, 5.41) is 6.26. The van der Waals surface area contributed by atoms with Crippen LogP contribution in [0.1, 0.15) is 44.8 Å². The largest absolute Gasteiger partial charge is 0.435 e. The first-order valence-corrected chi connectivity index (χ1v) is 10.2. The Balaban J connectivity index is 1.24. The molecule has 0 atom stereocenters. The minimum atomic E-state index is -4.51. The van der Waals surface area contributed by atoms with E-state index in [0.29, 0.717) is 23.2 Å². The SMILES string of the molecule is O=C(CCCN1C(=O)c2ccccc2C1=O)NCc1ccc(-n2ccc(C(F)(F)F)n2)cc1. The maximum atomic E-state index is 12.7. The van der Waals surface area contributed by atoms with E-state index in [1.54, 1.807) is 48.5 Å². The maximum Gasteiger partial charge on any atom is 0.435 e. The normalized spacial score (nSPS) is 13.4. The topological polar surface area (TPSA) is 84.3 Å². The first-order chi connectivity index (χ1) is 15.7. The van der Waals surface area contributed by atoms with Crippen LogP contribution >= 0.6 is 0 Å². The second-order valence-electron chi connectivity index (χ2n) is 7.50. The summed E-state index contributed by atoms with van der Waals surface area (Å²) in [6.07, 6.45) is -2.81. The summed E-state index contributed by atoms with van der Waals surface area (Å²) in [5.74, 6) is -0.941. The van der Waals surface area contributed by atoms with Gasteiger partial charge in [0.25, 0.3) is 11.8 Å². The molecule has 170 valence electrons. The van der Waals surface area contributed by atoms with E-state index in [-0.39, 0.29) is 37.2 Å². The van der Waals surface area contributed by atoms with Gasteiger partial charge in [-0.1, -0.05) is 24.3 Å². The van der Waals surface area contributed by atoms with E-state index in [9.17, 15) is 27.6 Å². The lowest BCUT2D eigenvalue weighted by molar-refractivity contribution is -0.141. The zero-order chi connectivity index (χ0) is 23.6. The van der Waals surface area contributed by atoms with Crippen molar-refractivity contribution in [2.45, 2.75) is 25.6 Å². The van der Waals surface area contributed by atoms with Gasteiger partial charge in [0.2, 0.25) is 5.91 Å². The van der Waals surface area contributed by atoms with E-state index in [1.165, 1.54) is 6.20 Å². The van der Waals surface area contributed by atoms with Gasteiger partial charge in [-0.15, -0.1) is 0 Å². The monoisotopic (exact) mass is 456 g/mol. The summed E-state index contributed by atoms with van der Waals surface area (Å²) in [4.78, 5) is 37.9. The Hall–Kier alpha value is -3.95. The lowest BCUT2D eigenvalue weighted by atomic mass is 10.1. The van der Waals surface area contributed by atoms with Gasteiger partial charge in [0.05, 0.1) is 16.8 Å². The molecule has 0 spiro atoms. The van der Waals surface area contributed by atoms with Crippen molar-refractivity contribution in [3.05, 3.63) is 83.2 Å². The van der Waals surface area contributed by atoms with Crippen LogP contribution in [-0.4, -0.2) is 38.9 Å².